The number of halogens is 1. The Morgan fingerprint density at radius 1 is 1.20 bits per heavy atom. The summed E-state index contributed by atoms with van der Waals surface area (Å²) in [7, 11) is 1.60. The highest BCUT2D eigenvalue weighted by Gasteiger charge is 2.36. The predicted molar refractivity (Wildman–Crippen MR) is 134 cm³/mol. The molecule has 0 saturated carbocycles. The molecule has 3 rings (SSSR count). The van der Waals surface area contributed by atoms with Gasteiger partial charge in [-0.2, -0.15) is 0 Å². The Morgan fingerprint density at radius 3 is 2.54 bits per heavy atom. The lowest BCUT2D eigenvalue weighted by molar-refractivity contribution is -0.135. The third-order valence-electron chi connectivity index (χ3n) is 6.05. The van der Waals surface area contributed by atoms with Gasteiger partial charge in [-0.3, -0.25) is 14.4 Å². The first-order valence-electron chi connectivity index (χ1n) is 11.5. The summed E-state index contributed by atoms with van der Waals surface area (Å²) < 4.78 is 14.1. The fraction of sp³-hybridized carbons (Fsp3) is 0.333. The van der Waals surface area contributed by atoms with E-state index in [9.17, 15) is 18.8 Å². The number of hydrogen-bond acceptors (Lipinski definition) is 4. The Hall–Kier alpha value is -3.81. The second kappa shape index (κ2) is 11.1. The van der Waals surface area contributed by atoms with Gasteiger partial charge in [-0.05, 0) is 37.0 Å². The molecule has 3 amide bonds. The Bertz CT molecular complexity index is 1160. The van der Waals surface area contributed by atoms with Crippen molar-refractivity contribution < 1.29 is 18.8 Å². The Morgan fingerprint density at radius 2 is 1.91 bits per heavy atom. The summed E-state index contributed by atoms with van der Waals surface area (Å²) >= 11 is 0. The number of allylic oxidation sites excluding steroid dienone is 1. The van der Waals surface area contributed by atoms with Gasteiger partial charge in [-0.1, -0.05) is 50.3 Å². The number of amides is 3. The maximum Gasteiger partial charge on any atom is 0.272 e. The molecule has 2 aromatic rings. The van der Waals surface area contributed by atoms with Gasteiger partial charge in [0.15, 0.2) is 0 Å². The Labute approximate surface area is 204 Å². The molecule has 0 spiro atoms. The number of carbonyl (C=O) groups is 3. The van der Waals surface area contributed by atoms with Crippen molar-refractivity contribution in [1.82, 2.24) is 5.32 Å². The molecule has 7 nitrogen and oxygen atoms in total. The first-order valence-corrected chi connectivity index (χ1v) is 11.5. The molecule has 3 N–H and O–H groups in total. The fourth-order valence-corrected chi connectivity index (χ4v) is 4.34. The van der Waals surface area contributed by atoms with Crippen LogP contribution >= 0.6 is 0 Å². The summed E-state index contributed by atoms with van der Waals surface area (Å²) in [4.78, 5) is 45.0. The van der Waals surface area contributed by atoms with Crippen molar-refractivity contribution in [3.05, 3.63) is 78.1 Å². The van der Waals surface area contributed by atoms with Gasteiger partial charge in [0.2, 0.25) is 18.0 Å². The smallest absolute Gasteiger partial charge is 0.272 e. The van der Waals surface area contributed by atoms with E-state index in [2.05, 4.69) is 16.9 Å². The number of anilines is 1. The highest BCUT2D eigenvalue weighted by atomic mass is 19.1. The molecule has 1 heterocycles. The summed E-state index contributed by atoms with van der Waals surface area (Å²) in [5.41, 5.74) is 7.67. The molecule has 8 heteroatoms. The van der Waals surface area contributed by atoms with Gasteiger partial charge in [-0.15, -0.1) is 6.58 Å². The van der Waals surface area contributed by atoms with Crippen LogP contribution in [0.1, 0.15) is 37.8 Å². The fourth-order valence-electron chi connectivity index (χ4n) is 4.34. The molecule has 0 bridgehead atoms. The molecule has 2 aromatic carbocycles. The number of nitrogens with two attached hydrogens (primary N) is 1. The van der Waals surface area contributed by atoms with E-state index in [1.807, 2.05) is 13.8 Å². The quantitative estimate of drug-likeness (QED) is 0.540. The third kappa shape index (κ3) is 5.82. The van der Waals surface area contributed by atoms with Crippen LogP contribution in [0.15, 0.2) is 66.2 Å². The van der Waals surface area contributed by atoms with E-state index >= 15 is 0 Å². The second-order valence-electron chi connectivity index (χ2n) is 9.08. The Balaban J connectivity index is 2.06. The van der Waals surface area contributed by atoms with Crippen LogP contribution in [0.4, 0.5) is 10.1 Å². The van der Waals surface area contributed by atoms with E-state index in [1.165, 1.54) is 17.0 Å². The lowest BCUT2D eigenvalue weighted by atomic mass is 9.82. The minimum atomic E-state index is -1.27. The topological polar surface area (TPSA) is 105 Å². The SMILES string of the molecule is C=CCC(C(N)=O)C(CC(C)C)C(=O)N[C@H]1N=C(c2cccc(F)c2)c2ccccc2N(C)C1=O. The Kier molecular flexibility index (Phi) is 8.17. The van der Waals surface area contributed by atoms with Crippen molar-refractivity contribution in [2.45, 2.75) is 32.9 Å². The summed E-state index contributed by atoms with van der Waals surface area (Å²) in [6, 6.07) is 13.1. The van der Waals surface area contributed by atoms with Crippen LogP contribution in [0.3, 0.4) is 0 Å². The number of carbonyl (C=O) groups excluding carboxylic acids is 3. The van der Waals surface area contributed by atoms with Gasteiger partial charge < -0.3 is 16.0 Å². The average molecular weight is 479 g/mol. The number of fused-ring (bicyclic) bond motifs is 1. The largest absolute Gasteiger partial charge is 0.369 e. The number of primary amides is 1. The van der Waals surface area contributed by atoms with E-state index in [-0.39, 0.29) is 12.3 Å². The number of hydrogen-bond donors (Lipinski definition) is 2. The molecule has 0 fully saturated rings. The van der Waals surface area contributed by atoms with Crippen molar-refractivity contribution in [2.24, 2.45) is 28.5 Å². The van der Waals surface area contributed by atoms with Crippen LogP contribution in [0.5, 0.6) is 0 Å². The van der Waals surface area contributed by atoms with Crippen molar-refractivity contribution in [3.63, 3.8) is 0 Å². The summed E-state index contributed by atoms with van der Waals surface area (Å²) in [6.45, 7) is 7.55. The number of likely N-dealkylation sites (N-methyl/N-ethyl adjacent to an activating group) is 1. The van der Waals surface area contributed by atoms with Gasteiger partial charge in [0, 0.05) is 18.2 Å². The molecule has 0 radical (unpaired) electrons. The maximum atomic E-state index is 14.1. The standard InChI is InChI=1S/C27H31FN4O3/c1-5-9-19(24(29)33)21(14-16(2)3)26(34)31-25-27(35)32(4)22-13-7-6-12-20(22)23(30-25)17-10-8-11-18(28)15-17/h5-8,10-13,15-16,19,21,25H,1,9,14H2,2-4H3,(H2,29,33)(H,31,34)/t19?,21?,25-/m1/s1. The molecule has 2 unspecified atom stereocenters. The third-order valence-corrected chi connectivity index (χ3v) is 6.05. The van der Waals surface area contributed by atoms with Gasteiger partial charge >= 0.3 is 0 Å². The van der Waals surface area contributed by atoms with Crippen LogP contribution in [-0.4, -0.2) is 36.6 Å². The van der Waals surface area contributed by atoms with E-state index in [4.69, 9.17) is 5.73 Å². The van der Waals surface area contributed by atoms with Crippen molar-refractivity contribution in [1.29, 1.82) is 0 Å². The number of rotatable bonds is 9. The summed E-state index contributed by atoms with van der Waals surface area (Å²) in [5.74, 6) is -3.44. The van der Waals surface area contributed by atoms with Crippen molar-refractivity contribution >= 4 is 29.1 Å². The van der Waals surface area contributed by atoms with Crippen molar-refractivity contribution in [2.75, 3.05) is 11.9 Å². The molecule has 0 aromatic heterocycles. The van der Waals surface area contributed by atoms with E-state index < -0.39 is 41.5 Å². The normalized spacial score (nSPS) is 17.2. The lowest BCUT2D eigenvalue weighted by Crippen LogP contribution is -2.50. The molecule has 3 atom stereocenters. The monoisotopic (exact) mass is 478 g/mol. The first kappa shape index (κ1) is 25.8. The van der Waals surface area contributed by atoms with Crippen LogP contribution in [-0.2, 0) is 14.4 Å². The van der Waals surface area contributed by atoms with Crippen molar-refractivity contribution in [3.8, 4) is 0 Å². The first-order chi connectivity index (χ1) is 16.6. The van der Waals surface area contributed by atoms with E-state index in [0.717, 1.165) is 0 Å². The molecular formula is C27H31FN4O3. The molecule has 184 valence electrons. The molecule has 1 aliphatic rings. The highest BCUT2D eigenvalue weighted by molar-refractivity contribution is 6.20. The number of aliphatic imine (C=N–C) groups is 1. The number of benzene rings is 2. The van der Waals surface area contributed by atoms with Crippen LogP contribution in [0.2, 0.25) is 0 Å². The minimum Gasteiger partial charge on any atom is -0.369 e. The summed E-state index contributed by atoms with van der Waals surface area (Å²) in [5, 5.41) is 2.73. The average Bonchev–Trinajstić information content (AvgIpc) is 2.91. The zero-order valence-corrected chi connectivity index (χ0v) is 20.2. The van der Waals surface area contributed by atoms with Gasteiger partial charge in [0.05, 0.1) is 23.2 Å². The lowest BCUT2D eigenvalue weighted by Gasteiger charge is -2.27. The molecular weight excluding hydrogens is 447 g/mol. The maximum absolute atomic E-state index is 14.1. The predicted octanol–water partition coefficient (Wildman–Crippen LogP) is 3.42. The van der Waals surface area contributed by atoms with E-state index in [0.29, 0.717) is 28.9 Å². The van der Waals surface area contributed by atoms with Gasteiger partial charge in [-0.25, -0.2) is 9.38 Å². The minimum absolute atomic E-state index is 0.0977. The zero-order chi connectivity index (χ0) is 25.7. The molecule has 0 aliphatic carbocycles. The number of benzodiazepines with no additional fused rings is 1. The van der Waals surface area contributed by atoms with Crippen LogP contribution in [0.25, 0.3) is 0 Å². The zero-order valence-electron chi connectivity index (χ0n) is 20.2. The van der Waals surface area contributed by atoms with E-state index in [1.54, 1.807) is 49.5 Å². The number of nitrogens with zero attached hydrogens (tertiary/aromatic N) is 2. The summed E-state index contributed by atoms with van der Waals surface area (Å²) in [6.07, 6.45) is 0.912. The van der Waals surface area contributed by atoms with Gasteiger partial charge in [0.1, 0.15) is 5.82 Å². The number of para-hydroxylation sites is 1. The van der Waals surface area contributed by atoms with Gasteiger partial charge in [0.25, 0.3) is 5.91 Å². The second-order valence-corrected chi connectivity index (χ2v) is 9.08. The molecule has 1 aliphatic heterocycles. The molecule has 0 saturated heterocycles. The molecule has 35 heavy (non-hydrogen) atoms. The van der Waals surface area contributed by atoms with Crippen LogP contribution < -0.4 is 16.0 Å². The highest BCUT2D eigenvalue weighted by Crippen LogP contribution is 2.29. The van der Waals surface area contributed by atoms with Crippen LogP contribution in [0, 0.1) is 23.6 Å². The number of nitrogens with one attached hydrogen (secondary N) is 1.